The summed E-state index contributed by atoms with van der Waals surface area (Å²) < 4.78 is 4.99. The Bertz CT molecular complexity index is 995. The van der Waals surface area contributed by atoms with Gasteiger partial charge in [0.05, 0.1) is 25.0 Å². The average Bonchev–Trinajstić information content (AvgIpc) is 3.04. The van der Waals surface area contributed by atoms with Crippen molar-refractivity contribution in [2.45, 2.75) is 31.7 Å². The number of nitrogens with zero attached hydrogens (tertiary/aromatic N) is 3. The largest absolute Gasteiger partial charge is 0.480 e. The second-order valence-electron chi connectivity index (χ2n) is 6.87. The number of anilines is 1. The molecule has 1 saturated heterocycles. The number of carbonyl (C=O) groups excluding carboxylic acids is 3. The lowest BCUT2D eigenvalue weighted by atomic mass is 10.0. The van der Waals surface area contributed by atoms with Crippen LogP contribution in [0.15, 0.2) is 30.5 Å². The van der Waals surface area contributed by atoms with Crippen LogP contribution < -0.4 is 15.4 Å². The van der Waals surface area contributed by atoms with E-state index >= 15 is 0 Å². The molecule has 2 aromatic rings. The first-order valence-corrected chi connectivity index (χ1v) is 9.04. The zero-order valence-electron chi connectivity index (χ0n) is 15.6. The number of imide groups is 1. The average molecular weight is 397 g/mol. The number of hydrogen-bond donors (Lipinski definition) is 3. The quantitative estimate of drug-likeness (QED) is 0.629. The van der Waals surface area contributed by atoms with Crippen LogP contribution in [0.1, 0.15) is 40.6 Å². The Morgan fingerprint density at radius 1 is 1.34 bits per heavy atom. The Balaban J connectivity index is 1.51. The van der Waals surface area contributed by atoms with Crippen molar-refractivity contribution in [1.82, 2.24) is 20.4 Å². The van der Waals surface area contributed by atoms with Crippen LogP contribution in [0.25, 0.3) is 0 Å². The molecule has 0 saturated carbocycles. The molecule has 0 spiro atoms. The number of amides is 3. The van der Waals surface area contributed by atoms with Gasteiger partial charge in [0.1, 0.15) is 6.23 Å². The van der Waals surface area contributed by atoms with Crippen LogP contribution in [0.2, 0.25) is 0 Å². The van der Waals surface area contributed by atoms with Gasteiger partial charge in [0.2, 0.25) is 17.7 Å². The number of rotatable bonds is 4. The normalized spacial score (nSPS) is 21.4. The van der Waals surface area contributed by atoms with Crippen molar-refractivity contribution in [2.24, 2.45) is 0 Å². The smallest absolute Gasteiger partial charge is 0.255 e. The van der Waals surface area contributed by atoms with E-state index in [4.69, 9.17) is 4.74 Å². The van der Waals surface area contributed by atoms with Gasteiger partial charge in [0, 0.05) is 24.6 Å². The van der Waals surface area contributed by atoms with Gasteiger partial charge in [0.25, 0.3) is 5.91 Å². The molecule has 2 aliphatic rings. The maximum Gasteiger partial charge on any atom is 0.255 e. The number of piperidine rings is 1. The molecule has 0 bridgehead atoms. The minimum absolute atomic E-state index is 0.229. The fourth-order valence-electron chi connectivity index (χ4n) is 3.60. The molecule has 2 atom stereocenters. The predicted octanol–water partition coefficient (Wildman–Crippen LogP) is 0.349. The summed E-state index contributed by atoms with van der Waals surface area (Å²) in [6.07, 6.45) is 1.01. The molecule has 4 rings (SSSR count). The van der Waals surface area contributed by atoms with Crippen LogP contribution in [-0.4, -0.2) is 51.1 Å². The molecular weight excluding hydrogens is 378 g/mol. The van der Waals surface area contributed by atoms with Gasteiger partial charge >= 0.3 is 0 Å². The van der Waals surface area contributed by atoms with Gasteiger partial charge in [-0.3, -0.25) is 24.6 Å². The van der Waals surface area contributed by atoms with Gasteiger partial charge in [-0.1, -0.05) is 6.07 Å². The summed E-state index contributed by atoms with van der Waals surface area (Å²) >= 11 is 0. The van der Waals surface area contributed by atoms with Crippen molar-refractivity contribution >= 4 is 23.4 Å². The second-order valence-corrected chi connectivity index (χ2v) is 6.87. The molecule has 1 fully saturated rings. The highest BCUT2D eigenvalue weighted by Crippen LogP contribution is 2.35. The summed E-state index contributed by atoms with van der Waals surface area (Å²) in [7, 11) is 1.45. The molecule has 3 heterocycles. The molecule has 1 aromatic heterocycles. The number of nitrogens with one attached hydrogen (secondary N) is 2. The molecule has 0 radical (unpaired) electrons. The number of carbonyl (C=O) groups is 3. The number of aromatic nitrogens is 2. The predicted molar refractivity (Wildman–Crippen MR) is 99.7 cm³/mol. The zero-order chi connectivity index (χ0) is 20.5. The molecule has 2 unspecified atom stereocenters. The third kappa shape index (κ3) is 3.67. The number of benzene rings is 1. The second kappa shape index (κ2) is 7.57. The van der Waals surface area contributed by atoms with E-state index in [0.717, 1.165) is 5.56 Å². The van der Waals surface area contributed by atoms with Gasteiger partial charge < -0.3 is 15.2 Å². The Labute approximate surface area is 165 Å². The van der Waals surface area contributed by atoms with Crippen molar-refractivity contribution in [2.75, 3.05) is 12.4 Å². The van der Waals surface area contributed by atoms with Crippen molar-refractivity contribution in [1.29, 1.82) is 0 Å². The summed E-state index contributed by atoms with van der Waals surface area (Å²) in [6.45, 7) is 0.300. The van der Waals surface area contributed by atoms with E-state index in [2.05, 4.69) is 20.8 Å². The maximum absolute atomic E-state index is 12.6. The minimum atomic E-state index is -0.972. The summed E-state index contributed by atoms with van der Waals surface area (Å²) in [5.74, 6) is -0.791. The van der Waals surface area contributed by atoms with Gasteiger partial charge in [-0.05, 0) is 29.7 Å². The molecule has 3 amide bonds. The lowest BCUT2D eigenvalue weighted by Gasteiger charge is -2.31. The van der Waals surface area contributed by atoms with E-state index in [-0.39, 0.29) is 24.1 Å². The van der Waals surface area contributed by atoms with E-state index < -0.39 is 18.2 Å². The third-order valence-electron chi connectivity index (χ3n) is 5.06. The first-order chi connectivity index (χ1) is 14.0. The number of ether oxygens (including phenoxy) is 1. The molecule has 10 heteroatoms. The number of methoxy groups -OCH3 is 1. The van der Waals surface area contributed by atoms with Crippen LogP contribution in [0, 0.1) is 0 Å². The zero-order valence-corrected chi connectivity index (χ0v) is 15.6. The van der Waals surface area contributed by atoms with Crippen LogP contribution in [-0.2, 0) is 16.1 Å². The third-order valence-corrected chi connectivity index (χ3v) is 5.06. The van der Waals surface area contributed by atoms with Crippen molar-refractivity contribution in [3.05, 3.63) is 47.2 Å². The van der Waals surface area contributed by atoms with Crippen molar-refractivity contribution in [3.8, 4) is 5.88 Å². The Hall–Kier alpha value is -3.37. The summed E-state index contributed by atoms with van der Waals surface area (Å²) in [6, 6.07) is 5.92. The molecule has 10 nitrogen and oxygen atoms in total. The van der Waals surface area contributed by atoms with Crippen molar-refractivity contribution < 1.29 is 24.2 Å². The molecule has 2 aliphatic heterocycles. The first kappa shape index (κ1) is 19.0. The van der Waals surface area contributed by atoms with Crippen LogP contribution in [0.3, 0.4) is 0 Å². The highest BCUT2D eigenvalue weighted by Gasteiger charge is 2.39. The van der Waals surface area contributed by atoms with Gasteiger partial charge in [-0.2, -0.15) is 5.10 Å². The fraction of sp³-hybridized carbons (Fsp3) is 0.316. The van der Waals surface area contributed by atoms with Crippen molar-refractivity contribution in [3.63, 3.8) is 0 Å². The van der Waals surface area contributed by atoms with E-state index in [1.165, 1.54) is 13.3 Å². The maximum atomic E-state index is 12.6. The van der Waals surface area contributed by atoms with E-state index in [1.54, 1.807) is 29.2 Å². The number of fused-ring (bicyclic) bond motifs is 1. The lowest BCUT2D eigenvalue weighted by molar-refractivity contribution is -0.141. The highest BCUT2D eigenvalue weighted by molar-refractivity contribution is 6.04. The molecule has 3 N–H and O–H groups in total. The summed E-state index contributed by atoms with van der Waals surface area (Å²) in [5, 5.41) is 23.2. The lowest BCUT2D eigenvalue weighted by Crippen LogP contribution is -2.51. The Morgan fingerprint density at radius 2 is 2.17 bits per heavy atom. The number of aliphatic hydroxyl groups excluding tert-OH is 1. The topological polar surface area (TPSA) is 134 Å². The first-order valence-electron chi connectivity index (χ1n) is 9.04. The van der Waals surface area contributed by atoms with E-state index in [1.807, 2.05) is 0 Å². The molecule has 1 aromatic carbocycles. The van der Waals surface area contributed by atoms with E-state index in [9.17, 15) is 19.5 Å². The molecular formula is C19H19N5O5. The number of hydrogen-bond acceptors (Lipinski definition) is 8. The molecule has 0 aliphatic carbocycles. The van der Waals surface area contributed by atoms with Gasteiger partial charge in [-0.15, -0.1) is 5.10 Å². The molecule has 29 heavy (non-hydrogen) atoms. The van der Waals surface area contributed by atoms with E-state index in [0.29, 0.717) is 29.8 Å². The minimum Gasteiger partial charge on any atom is -0.480 e. The number of aliphatic hydroxyl groups is 1. The van der Waals surface area contributed by atoms with Gasteiger partial charge in [-0.25, -0.2) is 0 Å². The highest BCUT2D eigenvalue weighted by atomic mass is 16.5. The van der Waals surface area contributed by atoms with Gasteiger partial charge in [0.15, 0.2) is 0 Å². The van der Waals surface area contributed by atoms with Crippen LogP contribution in [0.4, 0.5) is 5.69 Å². The standard InChI is InChI=1S/C19H19N5O5/c1-29-16-7-12(8-20-23-16)21-17(26)10-2-3-13-11(6-10)9-24(19(13)28)14-4-5-15(25)22-18(14)27/h2-3,6-8,14,19,28H,4-5,9H2,1H3,(H,21,23,26)(H,22,25,27). The summed E-state index contributed by atoms with van der Waals surface area (Å²) in [4.78, 5) is 37.7. The fourth-order valence-corrected chi connectivity index (χ4v) is 3.60. The monoisotopic (exact) mass is 397 g/mol. The Kier molecular flexibility index (Phi) is 4.95. The van der Waals surface area contributed by atoms with Crippen LogP contribution >= 0.6 is 0 Å². The van der Waals surface area contributed by atoms with Crippen LogP contribution in [0.5, 0.6) is 5.88 Å². The Morgan fingerprint density at radius 3 is 2.93 bits per heavy atom. The summed E-state index contributed by atoms with van der Waals surface area (Å²) in [5.41, 5.74) is 2.23. The molecule has 150 valence electrons. The SMILES string of the molecule is COc1cc(NC(=O)c2ccc3c(c2)CN(C2CCC(=O)NC2=O)C3O)cnn1.